The number of primary amides is 3. The normalized spacial score (nSPS) is 8.84. The van der Waals surface area contributed by atoms with E-state index in [0.717, 1.165) is 4.57 Å². The summed E-state index contributed by atoms with van der Waals surface area (Å²) in [6.07, 6.45) is 1.01. The second-order valence-corrected chi connectivity index (χ2v) is 8.37. The Kier molecular flexibility index (Phi) is 26.6. The molecule has 0 bridgehead atoms. The minimum Gasteiger partial charge on any atom is -0.481 e. The molecule has 0 radical (unpaired) electrons. The minimum absolute atomic E-state index is 0.0632. The lowest BCUT2D eigenvalue weighted by atomic mass is 10.2. The van der Waals surface area contributed by atoms with E-state index in [1.807, 2.05) is 6.92 Å². The molecule has 21 heteroatoms. The van der Waals surface area contributed by atoms with Gasteiger partial charge in [0, 0.05) is 40.5 Å². The lowest BCUT2D eigenvalue weighted by Crippen LogP contribution is -2.37. The molecule has 0 unspecified atom stereocenters. The number of carboxylic acids is 4. The van der Waals surface area contributed by atoms with Crippen LogP contribution in [-0.4, -0.2) is 87.4 Å². The summed E-state index contributed by atoms with van der Waals surface area (Å²) in [5, 5.41) is 34.2. The molecule has 0 atom stereocenters. The van der Waals surface area contributed by atoms with Crippen molar-refractivity contribution in [1.82, 2.24) is 24.0 Å². The maximum atomic E-state index is 11.7. The Bertz CT molecular complexity index is 1350. The van der Waals surface area contributed by atoms with E-state index in [-0.39, 0.29) is 49.1 Å². The van der Waals surface area contributed by atoms with Gasteiger partial charge in [-0.3, -0.25) is 33.1 Å². The number of hydrogen-bond acceptors (Lipinski definition) is 10. The Morgan fingerprint density at radius 3 is 1.38 bits per heavy atom. The topological polar surface area (TPSA) is 352 Å². The zero-order valence-corrected chi connectivity index (χ0v) is 25.8. The number of fused-ring (bicyclic) bond motifs is 1. The molecular formula is C24H42N8O13. The van der Waals surface area contributed by atoms with E-state index in [1.54, 1.807) is 18.7 Å². The molecule has 0 fully saturated rings. The predicted molar refractivity (Wildman–Crippen MR) is 158 cm³/mol. The molecule has 2 heterocycles. The van der Waals surface area contributed by atoms with Crippen LogP contribution in [0.15, 0.2) is 15.9 Å². The Morgan fingerprint density at radius 2 is 1.11 bits per heavy atom. The van der Waals surface area contributed by atoms with Gasteiger partial charge in [0.25, 0.3) is 5.56 Å². The van der Waals surface area contributed by atoms with E-state index in [9.17, 15) is 38.4 Å². The van der Waals surface area contributed by atoms with E-state index in [2.05, 4.69) is 27.5 Å². The second-order valence-electron chi connectivity index (χ2n) is 8.37. The maximum Gasteiger partial charge on any atom is 0.332 e. The Hall–Kier alpha value is -5.76. The first kappa shape index (κ1) is 46.2. The number of aryl methyl sites for hydroxylation is 2. The number of carboxylic acid groups (broad SMARTS) is 4. The highest BCUT2D eigenvalue weighted by molar-refractivity contribution is 5.75. The van der Waals surface area contributed by atoms with Crippen LogP contribution in [0.5, 0.6) is 0 Å². The number of carbonyl (C=O) groups excluding carboxylic acids is 3. The number of aliphatic carboxylic acids is 4. The first-order valence-corrected chi connectivity index (χ1v) is 12.5. The molecule has 2 aromatic rings. The average Bonchev–Trinajstić information content (AvgIpc) is 3.26. The summed E-state index contributed by atoms with van der Waals surface area (Å²) in [5.41, 5.74) is 13.3. The summed E-state index contributed by atoms with van der Waals surface area (Å²) >= 11 is 0. The highest BCUT2D eigenvalue weighted by Gasteiger charge is 2.11. The second kappa shape index (κ2) is 25.9. The number of carbonyl (C=O) groups is 7. The largest absolute Gasteiger partial charge is 0.481 e. The van der Waals surface area contributed by atoms with Crippen LogP contribution in [0, 0.1) is 0 Å². The standard InChI is InChI=1S/C8H10N4O2.C5H8O4.C4H6O4.C3H8N2O.C3H6O.CH4N2O/c1-10-4-9-6-5(10)7(13)12(3)8(14)11(6)2;6-4(7)2-1-3-5(8)9;5-3(6)1-2-4(7)8;1-2-5-3(4)6;1-3(2)4;2-1(3)4/h4H,1-3H3;1-3H2,(H,6,7)(H,8,9);1-2H2,(H,5,6)(H,7,8);2H2,1H3,(H3,4,5,6);1-2H3;(H4,2,3,4). The molecule has 2 rings (SSSR count). The predicted octanol–water partition coefficient (Wildman–Crippen LogP) is -1.47. The van der Waals surface area contributed by atoms with Crippen LogP contribution < -0.4 is 33.8 Å². The third-order valence-corrected chi connectivity index (χ3v) is 4.00. The third kappa shape index (κ3) is 29.5. The Labute approximate surface area is 256 Å². The van der Waals surface area contributed by atoms with Crippen molar-refractivity contribution in [2.45, 2.75) is 52.9 Å². The van der Waals surface area contributed by atoms with Gasteiger partial charge in [-0.2, -0.15) is 0 Å². The summed E-state index contributed by atoms with van der Waals surface area (Å²) < 4.78 is 4.04. The van der Waals surface area contributed by atoms with E-state index in [1.165, 1.54) is 31.8 Å². The van der Waals surface area contributed by atoms with Crippen molar-refractivity contribution in [2.24, 2.45) is 38.3 Å². The fourth-order valence-electron chi connectivity index (χ4n) is 2.25. The lowest BCUT2D eigenvalue weighted by molar-refractivity contribution is -0.143. The minimum atomic E-state index is -1.08. The maximum absolute atomic E-state index is 11.7. The number of Topliss-reactive ketones (excluding diaryl/α,β-unsaturated/α-hetero) is 1. The molecule has 0 aromatic carbocycles. The number of hydrogen-bond donors (Lipinski definition) is 8. The quantitative estimate of drug-likeness (QED) is 0.162. The summed E-state index contributed by atoms with van der Waals surface area (Å²) in [4.78, 5) is 94.2. The van der Waals surface area contributed by atoms with Crippen LogP contribution in [-0.2, 0) is 45.1 Å². The molecule has 45 heavy (non-hydrogen) atoms. The molecule has 0 aliphatic rings. The molecule has 4 amide bonds. The Morgan fingerprint density at radius 1 is 0.756 bits per heavy atom. The van der Waals surface area contributed by atoms with Gasteiger partial charge in [-0.15, -0.1) is 0 Å². The Balaban J connectivity index is -0.000000240. The number of urea groups is 2. The number of nitrogens with zero attached hydrogens (tertiary/aromatic N) is 4. The summed E-state index contributed by atoms with van der Waals surface area (Å²) in [6.45, 7) is 5.47. The highest BCUT2D eigenvalue weighted by Crippen LogP contribution is 2.01. The molecule has 0 saturated heterocycles. The number of ketones is 1. The van der Waals surface area contributed by atoms with Crippen molar-refractivity contribution in [3.63, 3.8) is 0 Å². The van der Waals surface area contributed by atoms with Crippen molar-refractivity contribution < 1.29 is 54.0 Å². The first-order valence-electron chi connectivity index (χ1n) is 12.5. The summed E-state index contributed by atoms with van der Waals surface area (Å²) in [7, 11) is 4.77. The van der Waals surface area contributed by atoms with Crippen LogP contribution in [0.3, 0.4) is 0 Å². The molecule has 21 nitrogen and oxygen atoms in total. The van der Waals surface area contributed by atoms with Gasteiger partial charge >= 0.3 is 41.6 Å². The number of amides is 4. The van der Waals surface area contributed by atoms with Gasteiger partial charge in [0.05, 0.1) is 19.2 Å². The van der Waals surface area contributed by atoms with E-state index >= 15 is 0 Å². The zero-order chi connectivity index (χ0) is 36.4. The molecule has 0 aliphatic heterocycles. The van der Waals surface area contributed by atoms with Crippen LogP contribution in [0.2, 0.25) is 0 Å². The third-order valence-electron chi connectivity index (χ3n) is 4.00. The number of nitrogens with two attached hydrogens (primary N) is 3. The van der Waals surface area contributed by atoms with Gasteiger partial charge in [0.1, 0.15) is 5.78 Å². The van der Waals surface area contributed by atoms with Crippen LogP contribution in [0.25, 0.3) is 11.2 Å². The van der Waals surface area contributed by atoms with Crippen LogP contribution >= 0.6 is 0 Å². The molecule has 0 spiro atoms. The van der Waals surface area contributed by atoms with E-state index in [0.29, 0.717) is 17.7 Å². The average molecular weight is 651 g/mol. The fourth-order valence-corrected chi connectivity index (χ4v) is 2.25. The summed E-state index contributed by atoms with van der Waals surface area (Å²) in [5.74, 6) is -3.88. The molecule has 11 N–H and O–H groups in total. The van der Waals surface area contributed by atoms with Crippen LogP contribution in [0.1, 0.15) is 52.9 Å². The van der Waals surface area contributed by atoms with Gasteiger partial charge in [0.15, 0.2) is 11.2 Å². The molecular weight excluding hydrogens is 608 g/mol. The number of imidazole rings is 1. The fraction of sp³-hybridized carbons (Fsp3) is 0.500. The molecule has 0 aliphatic carbocycles. The van der Waals surface area contributed by atoms with Gasteiger partial charge < -0.3 is 52.3 Å². The molecule has 2 aromatic heterocycles. The number of rotatable bonds is 8. The molecule has 0 saturated carbocycles. The van der Waals surface area contributed by atoms with Crippen molar-refractivity contribution in [3.05, 3.63) is 27.2 Å². The van der Waals surface area contributed by atoms with Crippen LogP contribution in [0.4, 0.5) is 9.59 Å². The van der Waals surface area contributed by atoms with E-state index < -0.39 is 35.9 Å². The van der Waals surface area contributed by atoms with Gasteiger partial charge in [0.2, 0.25) is 0 Å². The van der Waals surface area contributed by atoms with Crippen molar-refractivity contribution >= 4 is 52.9 Å². The van der Waals surface area contributed by atoms with E-state index in [4.69, 9.17) is 25.2 Å². The van der Waals surface area contributed by atoms with Crippen molar-refractivity contribution in [2.75, 3.05) is 6.54 Å². The number of aromatic nitrogens is 4. The van der Waals surface area contributed by atoms with Gasteiger partial charge in [-0.25, -0.2) is 19.4 Å². The first-order chi connectivity index (χ1) is 20.5. The van der Waals surface area contributed by atoms with Gasteiger partial charge in [-0.1, -0.05) is 0 Å². The molecule has 256 valence electrons. The zero-order valence-electron chi connectivity index (χ0n) is 25.8. The smallest absolute Gasteiger partial charge is 0.332 e. The SMILES string of the molecule is CC(C)=O.CCNC(N)=O.Cn1c(=O)c2c(ncn2C)n(C)c1=O.NC(N)=O.O=C(O)CCC(=O)O.O=C(O)CCCC(=O)O. The monoisotopic (exact) mass is 650 g/mol. The summed E-state index contributed by atoms with van der Waals surface area (Å²) in [6, 6.07) is -1.29. The van der Waals surface area contributed by atoms with Gasteiger partial charge in [-0.05, 0) is 27.2 Å². The van der Waals surface area contributed by atoms with Crippen molar-refractivity contribution in [1.29, 1.82) is 0 Å². The highest BCUT2D eigenvalue weighted by atomic mass is 16.4. The number of nitrogens with one attached hydrogen (secondary N) is 1. The van der Waals surface area contributed by atoms with Crippen molar-refractivity contribution in [3.8, 4) is 0 Å². The lowest BCUT2D eigenvalue weighted by Gasteiger charge is -2.02.